The third-order valence-electron chi connectivity index (χ3n) is 3.53. The van der Waals surface area contributed by atoms with E-state index in [1.807, 2.05) is 30.3 Å². The lowest BCUT2D eigenvalue weighted by Crippen LogP contribution is -2.05. The van der Waals surface area contributed by atoms with Gasteiger partial charge in [0.2, 0.25) is 0 Å². The first-order chi connectivity index (χ1) is 11.2. The predicted octanol–water partition coefficient (Wildman–Crippen LogP) is 3.41. The van der Waals surface area contributed by atoms with Crippen LogP contribution in [0.4, 0.5) is 0 Å². The summed E-state index contributed by atoms with van der Waals surface area (Å²) in [7, 11) is 3.18. The van der Waals surface area contributed by atoms with Crippen molar-refractivity contribution < 1.29 is 14.3 Å². The smallest absolute Gasteiger partial charge is 0.256 e. The molecule has 3 aromatic rings. The first-order valence-electron chi connectivity index (χ1n) is 7.09. The largest absolute Gasteiger partial charge is 0.497 e. The van der Waals surface area contributed by atoms with E-state index in [2.05, 4.69) is 4.98 Å². The molecule has 1 heterocycles. The van der Waals surface area contributed by atoms with Crippen molar-refractivity contribution in [3.8, 4) is 11.5 Å². The molecule has 0 saturated carbocycles. The minimum absolute atomic E-state index is 0.177. The zero-order valence-corrected chi connectivity index (χ0v) is 12.9. The van der Waals surface area contributed by atoms with E-state index in [1.54, 1.807) is 32.4 Å². The van der Waals surface area contributed by atoms with Gasteiger partial charge in [0.15, 0.2) is 0 Å². The molecule has 5 heteroatoms. The molecule has 0 bridgehead atoms. The number of aromatic nitrogens is 2. The molecule has 0 unspecified atom stereocenters. The van der Waals surface area contributed by atoms with Gasteiger partial charge in [0.1, 0.15) is 17.8 Å². The highest BCUT2D eigenvalue weighted by Crippen LogP contribution is 2.25. The van der Waals surface area contributed by atoms with Gasteiger partial charge in [-0.25, -0.2) is 4.98 Å². The van der Waals surface area contributed by atoms with Crippen LogP contribution in [0.25, 0.3) is 17.1 Å². The highest BCUT2D eigenvalue weighted by molar-refractivity contribution is 5.99. The van der Waals surface area contributed by atoms with E-state index in [-0.39, 0.29) is 5.91 Å². The third kappa shape index (κ3) is 2.94. The second-order valence-electron chi connectivity index (χ2n) is 4.88. The molecule has 1 aromatic heterocycles. The standard InChI is InChI=1S/C18H16N2O3/c1-22-14-8-9-17(23-2)13(11-14)7-10-18(21)20-12-19-15-5-3-4-6-16(15)20/h3-12H,1-2H3/b10-7+. The van der Waals surface area contributed by atoms with E-state index in [0.29, 0.717) is 11.5 Å². The summed E-state index contributed by atoms with van der Waals surface area (Å²) in [5, 5.41) is 0. The maximum atomic E-state index is 12.4. The summed E-state index contributed by atoms with van der Waals surface area (Å²) in [6, 6.07) is 12.9. The lowest BCUT2D eigenvalue weighted by Gasteiger charge is -2.07. The van der Waals surface area contributed by atoms with E-state index in [4.69, 9.17) is 9.47 Å². The number of hydrogen-bond acceptors (Lipinski definition) is 4. The van der Waals surface area contributed by atoms with Crippen LogP contribution >= 0.6 is 0 Å². The van der Waals surface area contributed by atoms with Gasteiger partial charge in [-0.3, -0.25) is 9.36 Å². The normalized spacial score (nSPS) is 11.0. The number of allylic oxidation sites excluding steroid dienone is 1. The van der Waals surface area contributed by atoms with Crippen LogP contribution in [0.2, 0.25) is 0 Å². The van der Waals surface area contributed by atoms with Crippen molar-refractivity contribution in [2.45, 2.75) is 0 Å². The van der Waals surface area contributed by atoms with E-state index in [1.165, 1.54) is 17.0 Å². The maximum Gasteiger partial charge on any atom is 0.256 e. The Bertz CT molecular complexity index is 881. The molecule has 0 fully saturated rings. The van der Waals surface area contributed by atoms with E-state index >= 15 is 0 Å². The summed E-state index contributed by atoms with van der Waals surface area (Å²) < 4.78 is 12.0. The summed E-state index contributed by atoms with van der Waals surface area (Å²) in [6.07, 6.45) is 4.73. The summed E-state index contributed by atoms with van der Waals surface area (Å²) >= 11 is 0. The number of hydrogen-bond donors (Lipinski definition) is 0. The van der Waals surface area contributed by atoms with Crippen LogP contribution < -0.4 is 9.47 Å². The van der Waals surface area contributed by atoms with Crippen LogP contribution in [0, 0.1) is 0 Å². The molecule has 0 aliphatic rings. The zero-order chi connectivity index (χ0) is 16.2. The predicted molar refractivity (Wildman–Crippen MR) is 88.9 cm³/mol. The fourth-order valence-corrected chi connectivity index (χ4v) is 2.35. The molecular weight excluding hydrogens is 292 g/mol. The number of carbonyl (C=O) groups is 1. The topological polar surface area (TPSA) is 53.4 Å². The Labute approximate surface area is 133 Å². The molecule has 0 N–H and O–H groups in total. The Hall–Kier alpha value is -3.08. The SMILES string of the molecule is COc1ccc(OC)c(/C=C/C(=O)n2cnc3ccccc32)c1. The maximum absolute atomic E-state index is 12.4. The molecule has 116 valence electrons. The van der Waals surface area contributed by atoms with Gasteiger partial charge in [0.05, 0.1) is 25.3 Å². The highest BCUT2D eigenvalue weighted by atomic mass is 16.5. The second kappa shape index (κ2) is 6.36. The Morgan fingerprint density at radius 1 is 1.13 bits per heavy atom. The zero-order valence-electron chi connectivity index (χ0n) is 12.9. The van der Waals surface area contributed by atoms with E-state index in [9.17, 15) is 4.79 Å². The molecule has 0 atom stereocenters. The number of fused-ring (bicyclic) bond motifs is 1. The highest BCUT2D eigenvalue weighted by Gasteiger charge is 2.07. The molecule has 0 spiro atoms. The van der Waals surface area contributed by atoms with Gasteiger partial charge in [0, 0.05) is 11.6 Å². The van der Waals surface area contributed by atoms with Gasteiger partial charge < -0.3 is 9.47 Å². The Morgan fingerprint density at radius 3 is 2.74 bits per heavy atom. The number of nitrogens with zero attached hydrogens (tertiary/aromatic N) is 2. The number of ether oxygens (including phenoxy) is 2. The van der Waals surface area contributed by atoms with Crippen molar-refractivity contribution >= 4 is 23.0 Å². The van der Waals surface area contributed by atoms with Crippen LogP contribution in [-0.2, 0) is 0 Å². The van der Waals surface area contributed by atoms with Crippen molar-refractivity contribution in [2.75, 3.05) is 14.2 Å². The van der Waals surface area contributed by atoms with Crippen molar-refractivity contribution in [3.05, 3.63) is 60.4 Å². The summed E-state index contributed by atoms with van der Waals surface area (Å²) in [5.74, 6) is 1.19. The van der Waals surface area contributed by atoms with E-state index in [0.717, 1.165) is 16.6 Å². The van der Waals surface area contributed by atoms with Gasteiger partial charge in [-0.2, -0.15) is 0 Å². The van der Waals surface area contributed by atoms with Crippen molar-refractivity contribution in [3.63, 3.8) is 0 Å². The molecule has 23 heavy (non-hydrogen) atoms. The lowest BCUT2D eigenvalue weighted by molar-refractivity contribution is 0.0974. The van der Waals surface area contributed by atoms with Gasteiger partial charge in [-0.05, 0) is 36.4 Å². The number of benzene rings is 2. The third-order valence-corrected chi connectivity index (χ3v) is 3.53. The minimum atomic E-state index is -0.177. The van der Waals surface area contributed by atoms with Gasteiger partial charge in [-0.1, -0.05) is 12.1 Å². The van der Waals surface area contributed by atoms with Crippen LogP contribution in [0.3, 0.4) is 0 Å². The Morgan fingerprint density at radius 2 is 1.96 bits per heavy atom. The van der Waals surface area contributed by atoms with Crippen LogP contribution in [0.15, 0.2) is 54.9 Å². The van der Waals surface area contributed by atoms with Crippen LogP contribution in [-0.4, -0.2) is 29.7 Å². The number of methoxy groups -OCH3 is 2. The van der Waals surface area contributed by atoms with Gasteiger partial charge in [-0.15, -0.1) is 0 Å². The molecule has 0 aliphatic carbocycles. The molecule has 5 nitrogen and oxygen atoms in total. The minimum Gasteiger partial charge on any atom is -0.497 e. The van der Waals surface area contributed by atoms with Crippen LogP contribution in [0.5, 0.6) is 11.5 Å². The number of rotatable bonds is 4. The summed E-state index contributed by atoms with van der Waals surface area (Å²) in [6.45, 7) is 0. The van der Waals surface area contributed by atoms with Crippen molar-refractivity contribution in [1.29, 1.82) is 0 Å². The first-order valence-corrected chi connectivity index (χ1v) is 7.09. The molecule has 2 aromatic carbocycles. The lowest BCUT2D eigenvalue weighted by atomic mass is 10.1. The fraction of sp³-hybridized carbons (Fsp3) is 0.111. The van der Waals surface area contributed by atoms with Crippen molar-refractivity contribution in [1.82, 2.24) is 9.55 Å². The second-order valence-corrected chi connectivity index (χ2v) is 4.88. The molecule has 0 radical (unpaired) electrons. The number of para-hydroxylation sites is 2. The molecule has 3 rings (SSSR count). The average molecular weight is 308 g/mol. The van der Waals surface area contributed by atoms with E-state index < -0.39 is 0 Å². The summed E-state index contributed by atoms with van der Waals surface area (Å²) in [4.78, 5) is 16.6. The van der Waals surface area contributed by atoms with Crippen molar-refractivity contribution in [2.24, 2.45) is 0 Å². The van der Waals surface area contributed by atoms with Crippen LogP contribution in [0.1, 0.15) is 10.4 Å². The quantitative estimate of drug-likeness (QED) is 0.693. The Kier molecular flexibility index (Phi) is 4.10. The van der Waals surface area contributed by atoms with Gasteiger partial charge >= 0.3 is 0 Å². The summed E-state index contributed by atoms with van der Waals surface area (Å²) in [5.41, 5.74) is 2.33. The number of imidazole rings is 1. The van der Waals surface area contributed by atoms with Gasteiger partial charge in [0.25, 0.3) is 5.91 Å². The molecular formula is C18H16N2O3. The average Bonchev–Trinajstić information content (AvgIpc) is 3.03. The monoisotopic (exact) mass is 308 g/mol. The fourth-order valence-electron chi connectivity index (χ4n) is 2.35. The molecule has 0 saturated heterocycles. The first kappa shape index (κ1) is 14.8. The Balaban J connectivity index is 1.92. The molecule has 0 amide bonds. The molecule has 0 aliphatic heterocycles. The number of carbonyl (C=O) groups excluding carboxylic acids is 1.